The first-order chi connectivity index (χ1) is 12.0. The lowest BCUT2D eigenvalue weighted by molar-refractivity contribution is 0.415. The van der Waals surface area contributed by atoms with Gasteiger partial charge in [-0.1, -0.05) is 57.2 Å². The van der Waals surface area contributed by atoms with Gasteiger partial charge in [0.15, 0.2) is 0 Å². The van der Waals surface area contributed by atoms with Gasteiger partial charge in [-0.15, -0.1) is 0 Å². The molecule has 0 saturated heterocycles. The van der Waals surface area contributed by atoms with Gasteiger partial charge < -0.3 is 9.47 Å². The van der Waals surface area contributed by atoms with Crippen molar-refractivity contribution in [3.63, 3.8) is 0 Å². The predicted molar refractivity (Wildman–Crippen MR) is 104 cm³/mol. The van der Waals surface area contributed by atoms with Crippen LogP contribution in [0.15, 0.2) is 72.8 Å². The molecule has 0 amide bonds. The van der Waals surface area contributed by atoms with E-state index in [0.29, 0.717) is 0 Å². The molecule has 3 aromatic carbocycles. The second-order valence-electron chi connectivity index (χ2n) is 7.13. The van der Waals surface area contributed by atoms with E-state index in [-0.39, 0.29) is 5.41 Å². The Balaban J connectivity index is 1.72. The number of methoxy groups -OCH3 is 1. The largest absolute Gasteiger partial charge is 0.497 e. The number of ether oxygens (including phenoxy) is 2. The molecule has 128 valence electrons. The molecule has 0 unspecified atom stereocenters. The molecule has 0 aliphatic rings. The zero-order chi connectivity index (χ0) is 17.9. The Kier molecular flexibility index (Phi) is 4.80. The maximum absolute atomic E-state index is 5.95. The highest BCUT2D eigenvalue weighted by atomic mass is 16.5. The molecule has 0 atom stereocenters. The van der Waals surface area contributed by atoms with E-state index in [0.717, 1.165) is 28.4 Å². The molecule has 0 spiro atoms. The zero-order valence-corrected chi connectivity index (χ0v) is 15.2. The first-order valence-corrected chi connectivity index (χ1v) is 8.48. The Morgan fingerprint density at radius 3 is 1.36 bits per heavy atom. The van der Waals surface area contributed by atoms with Gasteiger partial charge in [0.2, 0.25) is 0 Å². The fourth-order valence-corrected chi connectivity index (χ4v) is 2.66. The van der Waals surface area contributed by atoms with Crippen LogP contribution in [0.1, 0.15) is 26.3 Å². The highest BCUT2D eigenvalue weighted by Crippen LogP contribution is 2.29. The predicted octanol–water partition coefficient (Wildman–Crippen LogP) is 6.45. The topological polar surface area (TPSA) is 18.5 Å². The van der Waals surface area contributed by atoms with Crippen molar-refractivity contribution in [2.45, 2.75) is 26.2 Å². The van der Waals surface area contributed by atoms with Crippen LogP contribution in [0.3, 0.4) is 0 Å². The molecule has 0 heterocycles. The summed E-state index contributed by atoms with van der Waals surface area (Å²) in [5.74, 6) is 2.55. The summed E-state index contributed by atoms with van der Waals surface area (Å²) in [7, 11) is 1.68. The minimum Gasteiger partial charge on any atom is -0.497 e. The highest BCUT2D eigenvalue weighted by Gasteiger charge is 2.13. The van der Waals surface area contributed by atoms with E-state index in [1.807, 2.05) is 36.4 Å². The monoisotopic (exact) mass is 332 g/mol. The molecule has 0 bridgehead atoms. The molecule has 0 N–H and O–H groups in total. The van der Waals surface area contributed by atoms with E-state index in [1.165, 1.54) is 5.56 Å². The summed E-state index contributed by atoms with van der Waals surface area (Å²) < 4.78 is 11.2. The van der Waals surface area contributed by atoms with Gasteiger partial charge in [0.25, 0.3) is 0 Å². The average molecular weight is 332 g/mol. The van der Waals surface area contributed by atoms with Crippen LogP contribution in [0.5, 0.6) is 17.2 Å². The van der Waals surface area contributed by atoms with Crippen molar-refractivity contribution in [3.8, 4) is 28.4 Å². The van der Waals surface area contributed by atoms with Crippen molar-refractivity contribution in [2.24, 2.45) is 0 Å². The molecule has 0 aliphatic heterocycles. The number of hydrogen-bond donors (Lipinski definition) is 0. The lowest BCUT2D eigenvalue weighted by Gasteiger charge is -2.19. The SMILES string of the molecule is COc1ccc(-c2ccc(Oc3ccc(C(C)(C)C)cc3)cc2)cc1. The van der Waals surface area contributed by atoms with Crippen LogP contribution < -0.4 is 9.47 Å². The summed E-state index contributed by atoms with van der Waals surface area (Å²) in [5, 5.41) is 0. The standard InChI is InChI=1S/C23H24O2/c1-23(2,3)19-9-15-22(16-10-19)25-21-13-7-18(8-14-21)17-5-11-20(24-4)12-6-17/h5-16H,1-4H3. The van der Waals surface area contributed by atoms with Crippen LogP contribution in [-0.4, -0.2) is 7.11 Å². The van der Waals surface area contributed by atoms with Crippen LogP contribution in [0.4, 0.5) is 0 Å². The second kappa shape index (κ2) is 7.02. The van der Waals surface area contributed by atoms with Crippen LogP contribution in [0.2, 0.25) is 0 Å². The van der Waals surface area contributed by atoms with Gasteiger partial charge in [0.05, 0.1) is 7.11 Å². The second-order valence-corrected chi connectivity index (χ2v) is 7.13. The molecular weight excluding hydrogens is 308 g/mol. The summed E-state index contributed by atoms with van der Waals surface area (Å²) in [4.78, 5) is 0. The molecule has 2 nitrogen and oxygen atoms in total. The van der Waals surface area contributed by atoms with Crippen molar-refractivity contribution in [1.82, 2.24) is 0 Å². The number of benzene rings is 3. The first kappa shape index (κ1) is 17.1. The van der Waals surface area contributed by atoms with E-state index in [1.54, 1.807) is 7.11 Å². The highest BCUT2D eigenvalue weighted by molar-refractivity contribution is 5.65. The van der Waals surface area contributed by atoms with E-state index in [4.69, 9.17) is 9.47 Å². The van der Waals surface area contributed by atoms with E-state index >= 15 is 0 Å². The maximum Gasteiger partial charge on any atom is 0.127 e. The molecule has 0 aliphatic carbocycles. The van der Waals surface area contributed by atoms with Crippen LogP contribution in [0.25, 0.3) is 11.1 Å². The summed E-state index contributed by atoms with van der Waals surface area (Å²) in [6.07, 6.45) is 0. The summed E-state index contributed by atoms with van der Waals surface area (Å²) in [6.45, 7) is 6.63. The lowest BCUT2D eigenvalue weighted by atomic mass is 9.87. The van der Waals surface area contributed by atoms with E-state index in [9.17, 15) is 0 Å². The van der Waals surface area contributed by atoms with Gasteiger partial charge in [0, 0.05) is 0 Å². The van der Waals surface area contributed by atoms with Gasteiger partial charge in [-0.3, -0.25) is 0 Å². The minimum absolute atomic E-state index is 0.151. The molecule has 0 aromatic heterocycles. The van der Waals surface area contributed by atoms with Crippen molar-refractivity contribution in [3.05, 3.63) is 78.4 Å². The fraction of sp³-hybridized carbons (Fsp3) is 0.217. The van der Waals surface area contributed by atoms with Crippen LogP contribution in [0, 0.1) is 0 Å². The van der Waals surface area contributed by atoms with Crippen LogP contribution >= 0.6 is 0 Å². The maximum atomic E-state index is 5.95. The third-order valence-electron chi connectivity index (χ3n) is 4.23. The van der Waals surface area contributed by atoms with Crippen molar-refractivity contribution >= 4 is 0 Å². The number of hydrogen-bond acceptors (Lipinski definition) is 2. The first-order valence-electron chi connectivity index (χ1n) is 8.48. The molecular formula is C23H24O2. The third kappa shape index (κ3) is 4.21. The Bertz CT molecular complexity index is 808. The molecule has 3 aromatic rings. The smallest absolute Gasteiger partial charge is 0.127 e. The lowest BCUT2D eigenvalue weighted by Crippen LogP contribution is -2.10. The number of rotatable bonds is 4. The van der Waals surface area contributed by atoms with Gasteiger partial charge >= 0.3 is 0 Å². The van der Waals surface area contributed by atoms with E-state index < -0.39 is 0 Å². The Morgan fingerprint density at radius 1 is 0.560 bits per heavy atom. The Hall–Kier alpha value is -2.74. The minimum atomic E-state index is 0.151. The summed E-state index contributed by atoms with van der Waals surface area (Å²) >= 11 is 0. The van der Waals surface area contributed by atoms with Gasteiger partial charge in [-0.25, -0.2) is 0 Å². The van der Waals surface area contributed by atoms with Gasteiger partial charge in [-0.2, -0.15) is 0 Å². The quantitative estimate of drug-likeness (QED) is 0.546. The van der Waals surface area contributed by atoms with Crippen molar-refractivity contribution in [1.29, 1.82) is 0 Å². The summed E-state index contributed by atoms with van der Waals surface area (Å²) in [6, 6.07) is 24.5. The zero-order valence-electron chi connectivity index (χ0n) is 15.2. The average Bonchev–Trinajstić information content (AvgIpc) is 2.62. The third-order valence-corrected chi connectivity index (χ3v) is 4.23. The summed E-state index contributed by atoms with van der Waals surface area (Å²) in [5.41, 5.74) is 3.76. The molecule has 2 heteroatoms. The van der Waals surface area contributed by atoms with Crippen LogP contribution in [-0.2, 0) is 5.41 Å². The Morgan fingerprint density at radius 2 is 0.960 bits per heavy atom. The normalized spacial score (nSPS) is 11.2. The molecule has 0 fully saturated rings. The molecule has 3 rings (SSSR count). The van der Waals surface area contributed by atoms with Crippen molar-refractivity contribution in [2.75, 3.05) is 7.11 Å². The fourth-order valence-electron chi connectivity index (χ4n) is 2.66. The van der Waals surface area contributed by atoms with Crippen molar-refractivity contribution < 1.29 is 9.47 Å². The molecule has 0 saturated carbocycles. The Labute approximate surface area is 150 Å². The molecule has 25 heavy (non-hydrogen) atoms. The van der Waals surface area contributed by atoms with Gasteiger partial charge in [-0.05, 0) is 58.5 Å². The molecule has 0 radical (unpaired) electrons. The van der Waals surface area contributed by atoms with Gasteiger partial charge in [0.1, 0.15) is 17.2 Å². The van der Waals surface area contributed by atoms with E-state index in [2.05, 4.69) is 57.2 Å².